The van der Waals surface area contributed by atoms with Crippen molar-refractivity contribution in [2.24, 2.45) is 10.2 Å². The Labute approximate surface area is 209 Å². The first kappa shape index (κ1) is 25.7. The number of non-ortho nitro benzene ring substituents is 1. The van der Waals surface area contributed by atoms with E-state index >= 15 is 0 Å². The normalized spacial score (nSPS) is 11.0. The molecule has 1 N–H and O–H groups in total. The first-order valence-corrected chi connectivity index (χ1v) is 11.1. The number of carbonyl (C=O) groups is 1. The number of carboxylic acid groups (broad SMARTS) is 1. The molecule has 0 aliphatic rings. The zero-order valence-electron chi connectivity index (χ0n) is 18.1. The lowest BCUT2D eigenvalue weighted by atomic mass is 10.0. The van der Waals surface area contributed by atoms with Gasteiger partial charge in [-0.25, -0.2) is 4.79 Å². The van der Waals surface area contributed by atoms with Crippen molar-refractivity contribution in [2.45, 2.75) is 25.7 Å². The van der Waals surface area contributed by atoms with Crippen LogP contribution in [0.4, 0.5) is 22.7 Å². The van der Waals surface area contributed by atoms with Crippen LogP contribution in [0.15, 0.2) is 64.8 Å². The highest BCUT2D eigenvalue weighted by atomic mass is 35.5. The largest absolute Gasteiger partial charge is 0.478 e. The van der Waals surface area contributed by atoms with Crippen LogP contribution in [0.3, 0.4) is 0 Å². The van der Waals surface area contributed by atoms with Gasteiger partial charge in [0.15, 0.2) is 5.69 Å². The number of unbranched alkanes of at least 4 members (excludes halogenated alkanes) is 1. The lowest BCUT2D eigenvalue weighted by Gasteiger charge is -2.05. The van der Waals surface area contributed by atoms with Gasteiger partial charge < -0.3 is 5.11 Å². The van der Waals surface area contributed by atoms with E-state index in [9.17, 15) is 30.1 Å². The molecule has 0 unspecified atom stereocenters. The van der Waals surface area contributed by atoms with Gasteiger partial charge in [-0.15, -0.1) is 5.11 Å². The highest BCUT2D eigenvalue weighted by Gasteiger charge is 2.27. The molecule has 180 valence electrons. The average molecular weight is 517 g/mol. The molecule has 3 aromatic carbocycles. The van der Waals surface area contributed by atoms with Crippen LogP contribution in [-0.4, -0.2) is 20.9 Å². The number of nitrogens with zero attached hydrogens (tertiary/aromatic N) is 4. The lowest BCUT2D eigenvalue weighted by Crippen LogP contribution is -2.02. The third kappa shape index (κ3) is 6.81. The smallest absolute Gasteiger partial charge is 0.338 e. The Hall–Kier alpha value is -3.89. The van der Waals surface area contributed by atoms with Gasteiger partial charge in [-0.05, 0) is 61.1 Å². The van der Waals surface area contributed by atoms with Gasteiger partial charge in [0.05, 0.1) is 31.6 Å². The summed E-state index contributed by atoms with van der Waals surface area (Å²) in [5, 5.41) is 40.4. The summed E-state index contributed by atoms with van der Waals surface area (Å²) in [5.41, 5.74) is -0.307. The first-order chi connectivity index (χ1) is 16.7. The summed E-state index contributed by atoms with van der Waals surface area (Å²) in [7, 11) is 0. The van der Waals surface area contributed by atoms with E-state index in [-0.39, 0.29) is 0 Å². The molecule has 35 heavy (non-hydrogen) atoms. The maximum Gasteiger partial charge on any atom is 0.338 e. The minimum absolute atomic E-state index is 0.341. The van der Waals surface area contributed by atoms with Crippen molar-refractivity contribution in [1.82, 2.24) is 0 Å². The minimum atomic E-state index is -1.60. The molecule has 0 bridgehead atoms. The fourth-order valence-electron chi connectivity index (χ4n) is 3.31. The molecule has 0 fully saturated rings. The molecule has 10 nitrogen and oxygen atoms in total. The minimum Gasteiger partial charge on any atom is -0.478 e. The molecular weight excluding hydrogens is 499 g/mol. The maximum absolute atomic E-state index is 11.5. The summed E-state index contributed by atoms with van der Waals surface area (Å²) in [6.07, 6.45) is 3.55. The van der Waals surface area contributed by atoms with E-state index in [1.165, 1.54) is 0 Å². The Morgan fingerprint density at radius 2 is 1.46 bits per heavy atom. The fourth-order valence-corrected chi connectivity index (χ4v) is 3.63. The second kappa shape index (κ2) is 11.5. The number of azo groups is 1. The van der Waals surface area contributed by atoms with E-state index in [1.54, 1.807) is 18.2 Å². The molecular formula is C23H18Cl2N4O6. The molecule has 3 aromatic rings. The van der Waals surface area contributed by atoms with Gasteiger partial charge in [0.1, 0.15) is 5.56 Å². The highest BCUT2D eigenvalue weighted by Crippen LogP contribution is 2.36. The van der Waals surface area contributed by atoms with E-state index in [1.807, 2.05) is 24.3 Å². The Morgan fingerprint density at radius 3 is 2.03 bits per heavy atom. The van der Waals surface area contributed by atoms with Gasteiger partial charge in [0.2, 0.25) is 0 Å². The number of nitro benzene ring substituents is 2. The first-order valence-electron chi connectivity index (χ1n) is 10.3. The fraction of sp³-hybridized carbons (Fsp3) is 0.174. The molecule has 0 atom stereocenters. The van der Waals surface area contributed by atoms with Crippen LogP contribution in [0.5, 0.6) is 0 Å². The predicted octanol–water partition coefficient (Wildman–Crippen LogP) is 7.49. The standard InChI is InChI=1S/C23H18Cl2N4O6/c24-19-10-7-15(11-20(19)25)4-2-1-3-14-5-8-16(9-6-14)26-27-22-18(23(30)31)12-17(28(32)33)13-21(22)29(34)35/h5-13H,1-4H2,(H,30,31)/b27-26+. The number of nitro groups is 2. The molecule has 0 saturated carbocycles. The summed E-state index contributed by atoms with van der Waals surface area (Å²) in [6.45, 7) is 0. The van der Waals surface area contributed by atoms with E-state index in [4.69, 9.17) is 23.2 Å². The lowest BCUT2D eigenvalue weighted by molar-refractivity contribution is -0.393. The number of carboxylic acids is 1. The zero-order chi connectivity index (χ0) is 25.5. The Morgan fingerprint density at radius 1 is 0.829 bits per heavy atom. The molecule has 0 heterocycles. The van der Waals surface area contributed by atoms with Crippen LogP contribution >= 0.6 is 23.2 Å². The topological polar surface area (TPSA) is 148 Å². The molecule has 0 saturated heterocycles. The SMILES string of the molecule is O=C(O)c1cc([N+](=O)[O-])cc([N+](=O)[O-])c1/N=N/c1ccc(CCCCc2ccc(Cl)c(Cl)c2)cc1. The molecule has 0 aromatic heterocycles. The number of hydrogen-bond acceptors (Lipinski definition) is 7. The van der Waals surface area contributed by atoms with Crippen LogP contribution < -0.4 is 0 Å². The Kier molecular flexibility index (Phi) is 8.45. The number of halogens is 2. The van der Waals surface area contributed by atoms with Gasteiger partial charge in [0.25, 0.3) is 5.69 Å². The maximum atomic E-state index is 11.5. The number of benzene rings is 3. The molecule has 0 amide bonds. The quantitative estimate of drug-likeness (QED) is 0.127. The summed E-state index contributed by atoms with van der Waals surface area (Å²) < 4.78 is 0. The van der Waals surface area contributed by atoms with Crippen molar-refractivity contribution < 1.29 is 19.7 Å². The van der Waals surface area contributed by atoms with Gasteiger partial charge >= 0.3 is 11.7 Å². The van der Waals surface area contributed by atoms with E-state index in [0.717, 1.165) is 36.8 Å². The predicted molar refractivity (Wildman–Crippen MR) is 130 cm³/mol. The third-order valence-corrected chi connectivity index (χ3v) is 5.82. The summed E-state index contributed by atoms with van der Waals surface area (Å²) >= 11 is 12.0. The van der Waals surface area contributed by atoms with E-state index < -0.39 is 38.4 Å². The molecule has 0 radical (unpaired) electrons. The monoisotopic (exact) mass is 516 g/mol. The van der Waals surface area contributed by atoms with Gasteiger partial charge in [-0.1, -0.05) is 41.4 Å². The van der Waals surface area contributed by atoms with Crippen LogP contribution in [0.2, 0.25) is 10.0 Å². The number of hydrogen-bond donors (Lipinski definition) is 1. The molecule has 3 rings (SSSR count). The average Bonchev–Trinajstić information content (AvgIpc) is 2.82. The van der Waals surface area contributed by atoms with E-state index in [0.29, 0.717) is 27.9 Å². The van der Waals surface area contributed by atoms with Crippen molar-refractivity contribution in [3.63, 3.8) is 0 Å². The van der Waals surface area contributed by atoms with E-state index in [2.05, 4.69) is 10.2 Å². The van der Waals surface area contributed by atoms with Crippen LogP contribution in [0.1, 0.15) is 34.3 Å². The van der Waals surface area contributed by atoms with Crippen molar-refractivity contribution in [2.75, 3.05) is 0 Å². The Balaban J connectivity index is 1.68. The number of aromatic carboxylic acids is 1. The number of aryl methyl sites for hydroxylation is 2. The molecule has 0 aliphatic heterocycles. The van der Waals surface area contributed by atoms with Crippen LogP contribution in [-0.2, 0) is 12.8 Å². The van der Waals surface area contributed by atoms with Crippen LogP contribution in [0, 0.1) is 20.2 Å². The second-order valence-corrected chi connectivity index (χ2v) is 8.32. The second-order valence-electron chi connectivity index (χ2n) is 7.50. The van der Waals surface area contributed by atoms with Gasteiger partial charge in [0, 0.05) is 6.07 Å². The summed E-state index contributed by atoms with van der Waals surface area (Å²) in [6, 6.07) is 13.9. The highest BCUT2D eigenvalue weighted by molar-refractivity contribution is 6.42. The van der Waals surface area contributed by atoms with Crippen LogP contribution in [0.25, 0.3) is 0 Å². The van der Waals surface area contributed by atoms with Crippen molar-refractivity contribution in [3.05, 3.63) is 102 Å². The molecule has 12 heteroatoms. The third-order valence-electron chi connectivity index (χ3n) is 5.08. The molecule has 0 aliphatic carbocycles. The summed E-state index contributed by atoms with van der Waals surface area (Å²) in [4.78, 5) is 32.0. The van der Waals surface area contributed by atoms with Crippen molar-refractivity contribution in [1.29, 1.82) is 0 Å². The van der Waals surface area contributed by atoms with Gasteiger partial charge in [-0.2, -0.15) is 5.11 Å². The Bertz CT molecular complexity index is 1280. The van der Waals surface area contributed by atoms with Crippen molar-refractivity contribution in [3.8, 4) is 0 Å². The number of rotatable bonds is 10. The summed E-state index contributed by atoms with van der Waals surface area (Å²) in [5.74, 6) is -1.60. The van der Waals surface area contributed by atoms with Gasteiger partial charge in [-0.3, -0.25) is 20.2 Å². The molecule has 0 spiro atoms. The van der Waals surface area contributed by atoms with Crippen molar-refractivity contribution >= 4 is 51.9 Å². The zero-order valence-corrected chi connectivity index (χ0v) is 19.6.